The Labute approximate surface area is 125 Å². The number of hydrogen-bond donors (Lipinski definition) is 1. The fraction of sp³-hybridized carbons (Fsp3) is 0.333. The summed E-state index contributed by atoms with van der Waals surface area (Å²) in [6.07, 6.45) is 11.2. The molecule has 2 aromatic rings. The summed E-state index contributed by atoms with van der Waals surface area (Å²) in [7, 11) is 0. The van der Waals surface area contributed by atoms with Crippen LogP contribution in [-0.4, -0.2) is 16.5 Å². The third-order valence-electron chi connectivity index (χ3n) is 4.67. The Morgan fingerprint density at radius 1 is 1.00 bits per heavy atom. The average Bonchev–Trinajstić information content (AvgIpc) is 3.17. The molecule has 2 aliphatic rings. The molecule has 1 heterocycles. The van der Waals surface area contributed by atoms with Gasteiger partial charge in [0.15, 0.2) is 5.82 Å². The van der Waals surface area contributed by atoms with Gasteiger partial charge >= 0.3 is 0 Å². The van der Waals surface area contributed by atoms with Gasteiger partial charge in [-0.3, -0.25) is 0 Å². The smallest absolute Gasteiger partial charge is 0.159 e. The summed E-state index contributed by atoms with van der Waals surface area (Å²) in [4.78, 5) is 8.91. The van der Waals surface area contributed by atoms with Crippen molar-refractivity contribution < 1.29 is 0 Å². The summed E-state index contributed by atoms with van der Waals surface area (Å²) in [6.45, 7) is 1.03. The maximum absolute atomic E-state index is 4.45. The van der Waals surface area contributed by atoms with Crippen LogP contribution in [-0.2, 0) is 0 Å². The molecular formula is C18H19N3. The quantitative estimate of drug-likeness (QED) is 0.864. The Morgan fingerprint density at radius 2 is 1.81 bits per heavy atom. The number of hydrogen-bond acceptors (Lipinski definition) is 3. The van der Waals surface area contributed by atoms with Crippen LogP contribution >= 0.6 is 0 Å². The van der Waals surface area contributed by atoms with E-state index in [4.69, 9.17) is 0 Å². The van der Waals surface area contributed by atoms with Crippen LogP contribution in [0, 0.1) is 17.8 Å². The van der Waals surface area contributed by atoms with Crippen molar-refractivity contribution in [2.24, 2.45) is 17.8 Å². The van der Waals surface area contributed by atoms with E-state index < -0.39 is 0 Å². The highest BCUT2D eigenvalue weighted by molar-refractivity contribution is 5.55. The Balaban J connectivity index is 1.39. The fourth-order valence-corrected chi connectivity index (χ4v) is 3.53. The maximum atomic E-state index is 4.45. The van der Waals surface area contributed by atoms with Gasteiger partial charge in [0.25, 0.3) is 0 Å². The summed E-state index contributed by atoms with van der Waals surface area (Å²) >= 11 is 0. The summed E-state index contributed by atoms with van der Waals surface area (Å²) in [6, 6.07) is 10.1. The lowest BCUT2D eigenvalue weighted by molar-refractivity contribution is 0.472. The molecule has 1 saturated carbocycles. The van der Waals surface area contributed by atoms with Gasteiger partial charge in [0.1, 0.15) is 0 Å². The zero-order valence-electron chi connectivity index (χ0n) is 11.9. The third kappa shape index (κ3) is 2.56. The van der Waals surface area contributed by atoms with E-state index in [2.05, 4.69) is 27.4 Å². The van der Waals surface area contributed by atoms with Crippen molar-refractivity contribution in [1.82, 2.24) is 9.97 Å². The minimum atomic E-state index is 0.772. The fourth-order valence-electron chi connectivity index (χ4n) is 3.53. The van der Waals surface area contributed by atoms with Gasteiger partial charge < -0.3 is 5.32 Å². The number of rotatable bonds is 4. The maximum Gasteiger partial charge on any atom is 0.159 e. The predicted molar refractivity (Wildman–Crippen MR) is 84.8 cm³/mol. The minimum absolute atomic E-state index is 0.772. The zero-order valence-corrected chi connectivity index (χ0v) is 11.9. The van der Waals surface area contributed by atoms with E-state index in [0.717, 1.165) is 41.4 Å². The van der Waals surface area contributed by atoms with Crippen molar-refractivity contribution in [3.05, 3.63) is 54.9 Å². The molecule has 2 aliphatic carbocycles. The molecule has 1 aromatic carbocycles. The second-order valence-electron chi connectivity index (χ2n) is 6.08. The zero-order chi connectivity index (χ0) is 14.1. The van der Waals surface area contributed by atoms with E-state index in [-0.39, 0.29) is 0 Å². The van der Waals surface area contributed by atoms with Crippen LogP contribution in [0.1, 0.15) is 12.8 Å². The van der Waals surface area contributed by atoms with Crippen LogP contribution in [0.3, 0.4) is 0 Å². The summed E-state index contributed by atoms with van der Waals surface area (Å²) < 4.78 is 0. The molecule has 0 aliphatic heterocycles. The molecule has 0 radical (unpaired) electrons. The van der Waals surface area contributed by atoms with E-state index in [1.165, 1.54) is 12.8 Å². The third-order valence-corrected chi connectivity index (χ3v) is 4.67. The van der Waals surface area contributed by atoms with Crippen molar-refractivity contribution in [2.45, 2.75) is 12.8 Å². The highest BCUT2D eigenvalue weighted by atomic mass is 15.0. The molecular weight excluding hydrogens is 258 g/mol. The van der Waals surface area contributed by atoms with Gasteiger partial charge in [-0.1, -0.05) is 42.5 Å². The predicted octanol–water partition coefficient (Wildman–Crippen LogP) is 3.77. The molecule has 3 heteroatoms. The molecule has 3 unspecified atom stereocenters. The lowest BCUT2D eigenvalue weighted by Crippen LogP contribution is -2.18. The minimum Gasteiger partial charge on any atom is -0.382 e. The first-order valence-electron chi connectivity index (χ1n) is 7.68. The number of nitrogens with zero attached hydrogens (tertiary/aromatic N) is 2. The number of anilines is 1. The van der Waals surface area contributed by atoms with Gasteiger partial charge in [0.2, 0.25) is 0 Å². The van der Waals surface area contributed by atoms with Crippen LogP contribution in [0.5, 0.6) is 0 Å². The molecule has 0 amide bonds. The lowest BCUT2D eigenvalue weighted by Gasteiger charge is -2.18. The average molecular weight is 277 g/mol. The van der Waals surface area contributed by atoms with Crippen LogP contribution < -0.4 is 5.32 Å². The number of benzene rings is 1. The molecule has 0 spiro atoms. The standard InChI is InChI=1S/C18H19N3/c1-2-4-14(5-3-1)18-20-11-17(12-21-18)19-10-16-9-13-6-7-15(16)8-13/h1-7,11-13,15-16,19H,8-10H2. The van der Waals surface area contributed by atoms with Crippen LogP contribution in [0.25, 0.3) is 11.4 Å². The topological polar surface area (TPSA) is 37.8 Å². The highest BCUT2D eigenvalue weighted by Gasteiger charge is 2.35. The first-order chi connectivity index (χ1) is 10.4. The van der Waals surface area contributed by atoms with E-state index >= 15 is 0 Å². The first-order valence-corrected chi connectivity index (χ1v) is 7.68. The van der Waals surface area contributed by atoms with Crippen molar-refractivity contribution in [1.29, 1.82) is 0 Å². The van der Waals surface area contributed by atoms with Crippen LogP contribution in [0.15, 0.2) is 54.9 Å². The summed E-state index contributed by atoms with van der Waals surface area (Å²) in [5.74, 6) is 3.17. The Hall–Kier alpha value is -2.16. The molecule has 3 atom stereocenters. The van der Waals surface area contributed by atoms with Gasteiger partial charge in [0.05, 0.1) is 18.1 Å². The molecule has 106 valence electrons. The van der Waals surface area contributed by atoms with Gasteiger partial charge in [0, 0.05) is 12.1 Å². The van der Waals surface area contributed by atoms with Crippen molar-refractivity contribution >= 4 is 5.69 Å². The van der Waals surface area contributed by atoms with E-state index in [1.807, 2.05) is 42.7 Å². The Bertz CT molecular complexity index is 633. The van der Waals surface area contributed by atoms with Gasteiger partial charge in [-0.15, -0.1) is 0 Å². The largest absolute Gasteiger partial charge is 0.382 e. The van der Waals surface area contributed by atoms with Crippen molar-refractivity contribution in [2.75, 3.05) is 11.9 Å². The SMILES string of the molecule is C1=CC2CC1CC2CNc1cnc(-c2ccccc2)nc1. The Kier molecular flexibility index (Phi) is 3.18. The molecule has 1 aromatic heterocycles. The summed E-state index contributed by atoms with van der Waals surface area (Å²) in [5, 5.41) is 3.49. The Morgan fingerprint density at radius 3 is 2.48 bits per heavy atom. The van der Waals surface area contributed by atoms with E-state index in [9.17, 15) is 0 Å². The molecule has 21 heavy (non-hydrogen) atoms. The van der Waals surface area contributed by atoms with E-state index in [1.54, 1.807) is 0 Å². The first kappa shape index (κ1) is 12.6. The number of nitrogens with one attached hydrogen (secondary N) is 1. The number of aromatic nitrogens is 2. The molecule has 4 rings (SSSR count). The number of allylic oxidation sites excluding steroid dienone is 2. The second kappa shape index (κ2) is 5.32. The molecule has 1 N–H and O–H groups in total. The molecule has 3 nitrogen and oxygen atoms in total. The van der Waals surface area contributed by atoms with Crippen LogP contribution in [0.4, 0.5) is 5.69 Å². The highest BCUT2D eigenvalue weighted by Crippen LogP contribution is 2.43. The number of fused-ring (bicyclic) bond motifs is 2. The lowest BCUT2D eigenvalue weighted by atomic mass is 9.93. The van der Waals surface area contributed by atoms with E-state index in [0.29, 0.717) is 0 Å². The van der Waals surface area contributed by atoms with Gasteiger partial charge in [-0.25, -0.2) is 9.97 Å². The molecule has 0 saturated heterocycles. The molecule has 1 fully saturated rings. The summed E-state index contributed by atoms with van der Waals surface area (Å²) in [5.41, 5.74) is 2.07. The van der Waals surface area contributed by atoms with Crippen molar-refractivity contribution in [3.8, 4) is 11.4 Å². The van der Waals surface area contributed by atoms with Crippen LogP contribution in [0.2, 0.25) is 0 Å². The van der Waals surface area contributed by atoms with Crippen molar-refractivity contribution in [3.63, 3.8) is 0 Å². The van der Waals surface area contributed by atoms with Gasteiger partial charge in [-0.2, -0.15) is 0 Å². The second-order valence-corrected chi connectivity index (χ2v) is 6.08. The molecule has 2 bridgehead atoms. The normalized spacial score (nSPS) is 26.2. The monoisotopic (exact) mass is 277 g/mol. The van der Waals surface area contributed by atoms with Gasteiger partial charge in [-0.05, 0) is 30.6 Å².